The average molecular weight is 207 g/mol. The summed E-state index contributed by atoms with van der Waals surface area (Å²) in [7, 11) is 0. The first-order valence-corrected chi connectivity index (χ1v) is 4.76. The molecule has 0 aromatic carbocycles. The molecule has 60 valence electrons. The van der Waals surface area contributed by atoms with Crippen LogP contribution in [-0.4, -0.2) is 10.6 Å². The third-order valence-corrected chi connectivity index (χ3v) is 1.98. The molecule has 0 saturated carbocycles. The zero-order chi connectivity index (χ0) is 7.98. The molecule has 0 amide bonds. The molecule has 0 aromatic heterocycles. The summed E-state index contributed by atoms with van der Waals surface area (Å²) in [6.07, 6.45) is 4.14. The van der Waals surface area contributed by atoms with Crippen molar-refractivity contribution in [1.29, 1.82) is 0 Å². The van der Waals surface area contributed by atoms with E-state index in [1.807, 2.05) is 6.92 Å². The van der Waals surface area contributed by atoms with Crippen LogP contribution in [0, 0.1) is 0 Å². The Balaban J connectivity index is 3.22. The summed E-state index contributed by atoms with van der Waals surface area (Å²) >= 11 is 3.24. The largest absolute Gasteiger partial charge is 0.298 e. The van der Waals surface area contributed by atoms with E-state index in [0.29, 0.717) is 5.78 Å². The van der Waals surface area contributed by atoms with Gasteiger partial charge < -0.3 is 0 Å². The fourth-order valence-corrected chi connectivity index (χ4v) is 0.977. The van der Waals surface area contributed by atoms with Gasteiger partial charge >= 0.3 is 0 Å². The van der Waals surface area contributed by atoms with Crippen molar-refractivity contribution >= 4 is 21.7 Å². The number of carbonyl (C=O) groups is 1. The van der Waals surface area contributed by atoms with Crippen molar-refractivity contribution in [3.8, 4) is 0 Å². The van der Waals surface area contributed by atoms with Crippen LogP contribution in [0.25, 0.3) is 0 Å². The second kappa shape index (κ2) is 5.90. The number of unbranched alkanes of at least 4 members (excludes halogenated alkanes) is 2. The van der Waals surface area contributed by atoms with Gasteiger partial charge in [0.25, 0.3) is 0 Å². The van der Waals surface area contributed by atoms with Crippen LogP contribution in [0.2, 0.25) is 0 Å². The monoisotopic (exact) mass is 206 g/mol. The zero-order valence-electron chi connectivity index (χ0n) is 6.69. The van der Waals surface area contributed by atoms with Crippen LogP contribution in [0.5, 0.6) is 0 Å². The van der Waals surface area contributed by atoms with Crippen LogP contribution < -0.4 is 0 Å². The number of rotatable bonds is 5. The maximum absolute atomic E-state index is 11.0. The molecule has 0 aliphatic rings. The van der Waals surface area contributed by atoms with E-state index in [2.05, 4.69) is 22.9 Å². The molecule has 0 aromatic rings. The smallest absolute Gasteiger partial charge is 0.146 e. The minimum atomic E-state index is 0.0457. The summed E-state index contributed by atoms with van der Waals surface area (Å²) < 4.78 is 0. The molecule has 0 N–H and O–H groups in total. The van der Waals surface area contributed by atoms with Gasteiger partial charge in [-0.15, -0.1) is 0 Å². The number of halogens is 1. The van der Waals surface area contributed by atoms with E-state index in [1.165, 1.54) is 12.8 Å². The van der Waals surface area contributed by atoms with Gasteiger partial charge in [-0.3, -0.25) is 4.79 Å². The van der Waals surface area contributed by atoms with Crippen LogP contribution in [0.3, 0.4) is 0 Å². The summed E-state index contributed by atoms with van der Waals surface area (Å²) in [4.78, 5) is 11.0. The first-order valence-electron chi connectivity index (χ1n) is 3.85. The Morgan fingerprint density at radius 3 is 2.50 bits per heavy atom. The molecule has 1 unspecified atom stereocenters. The number of ketones is 1. The molecule has 10 heavy (non-hydrogen) atoms. The number of hydrogen-bond acceptors (Lipinski definition) is 1. The van der Waals surface area contributed by atoms with Crippen molar-refractivity contribution in [2.24, 2.45) is 0 Å². The molecule has 0 fully saturated rings. The second-order valence-corrected chi connectivity index (χ2v) is 3.91. The van der Waals surface area contributed by atoms with Gasteiger partial charge in [0.1, 0.15) is 5.78 Å². The quantitative estimate of drug-likeness (QED) is 0.500. The van der Waals surface area contributed by atoms with Crippen molar-refractivity contribution in [2.75, 3.05) is 0 Å². The molecular weight excluding hydrogens is 192 g/mol. The predicted octanol–water partition coefficient (Wildman–Crippen LogP) is 2.92. The molecule has 0 heterocycles. The molecule has 1 atom stereocenters. The Morgan fingerprint density at radius 1 is 1.50 bits per heavy atom. The van der Waals surface area contributed by atoms with Gasteiger partial charge in [0.05, 0.1) is 4.83 Å². The van der Waals surface area contributed by atoms with Gasteiger partial charge in [0.15, 0.2) is 0 Å². The Hall–Kier alpha value is 0.150. The standard InChI is InChI=1S/C8H15BrO/c1-3-4-5-6-8(10)7(2)9/h7H,3-6H2,1-2H3. The first-order chi connectivity index (χ1) is 4.68. The first kappa shape index (κ1) is 10.2. The topological polar surface area (TPSA) is 17.1 Å². The Labute approximate surface area is 71.3 Å². The highest BCUT2D eigenvalue weighted by Gasteiger charge is 2.06. The summed E-state index contributed by atoms with van der Waals surface area (Å²) in [6.45, 7) is 4.02. The minimum Gasteiger partial charge on any atom is -0.298 e. The fourth-order valence-electron chi connectivity index (χ4n) is 0.748. The van der Waals surface area contributed by atoms with Crippen LogP contribution in [0.1, 0.15) is 39.5 Å². The van der Waals surface area contributed by atoms with Gasteiger partial charge in [0, 0.05) is 6.42 Å². The van der Waals surface area contributed by atoms with Gasteiger partial charge in [-0.25, -0.2) is 0 Å². The highest BCUT2D eigenvalue weighted by Crippen LogP contribution is 2.06. The Morgan fingerprint density at radius 2 is 2.10 bits per heavy atom. The molecular formula is C8H15BrO. The maximum atomic E-state index is 11.0. The Kier molecular flexibility index (Phi) is 5.99. The number of carbonyl (C=O) groups excluding carboxylic acids is 1. The molecule has 0 aliphatic carbocycles. The van der Waals surface area contributed by atoms with Crippen molar-refractivity contribution in [3.63, 3.8) is 0 Å². The molecule has 0 bridgehead atoms. The molecule has 0 aliphatic heterocycles. The molecule has 0 saturated heterocycles. The second-order valence-electron chi connectivity index (χ2n) is 2.54. The predicted molar refractivity (Wildman–Crippen MR) is 47.5 cm³/mol. The van der Waals surface area contributed by atoms with E-state index >= 15 is 0 Å². The highest BCUT2D eigenvalue weighted by atomic mass is 79.9. The normalized spacial score (nSPS) is 13.1. The number of alkyl halides is 1. The highest BCUT2D eigenvalue weighted by molar-refractivity contribution is 9.10. The Bertz CT molecular complexity index is 99.4. The van der Waals surface area contributed by atoms with Crippen LogP contribution in [0.15, 0.2) is 0 Å². The van der Waals surface area contributed by atoms with E-state index in [-0.39, 0.29) is 4.83 Å². The summed E-state index contributed by atoms with van der Waals surface area (Å²) in [6, 6.07) is 0. The van der Waals surface area contributed by atoms with E-state index in [9.17, 15) is 4.79 Å². The third kappa shape index (κ3) is 4.98. The number of Topliss-reactive ketones (excluding diaryl/α,β-unsaturated/α-hetero) is 1. The molecule has 0 rings (SSSR count). The van der Waals surface area contributed by atoms with Gasteiger partial charge in [0.2, 0.25) is 0 Å². The van der Waals surface area contributed by atoms with Crippen molar-refractivity contribution in [1.82, 2.24) is 0 Å². The lowest BCUT2D eigenvalue weighted by Crippen LogP contribution is -2.08. The van der Waals surface area contributed by atoms with Crippen molar-refractivity contribution in [3.05, 3.63) is 0 Å². The SMILES string of the molecule is CCCCCC(=O)C(C)Br. The summed E-state index contributed by atoms with van der Waals surface area (Å²) in [5.41, 5.74) is 0. The van der Waals surface area contributed by atoms with Crippen LogP contribution in [-0.2, 0) is 4.79 Å². The molecule has 2 heteroatoms. The molecule has 0 radical (unpaired) electrons. The zero-order valence-corrected chi connectivity index (χ0v) is 8.28. The lowest BCUT2D eigenvalue weighted by atomic mass is 10.1. The van der Waals surface area contributed by atoms with Gasteiger partial charge in [-0.2, -0.15) is 0 Å². The van der Waals surface area contributed by atoms with Gasteiger partial charge in [-0.05, 0) is 13.3 Å². The minimum absolute atomic E-state index is 0.0457. The van der Waals surface area contributed by atoms with Crippen LogP contribution in [0.4, 0.5) is 0 Å². The van der Waals surface area contributed by atoms with Crippen LogP contribution >= 0.6 is 15.9 Å². The fraction of sp³-hybridized carbons (Fsp3) is 0.875. The molecule has 1 nitrogen and oxygen atoms in total. The summed E-state index contributed by atoms with van der Waals surface area (Å²) in [5.74, 6) is 0.327. The number of hydrogen-bond donors (Lipinski definition) is 0. The lowest BCUT2D eigenvalue weighted by molar-refractivity contribution is -0.118. The van der Waals surface area contributed by atoms with E-state index in [1.54, 1.807) is 0 Å². The third-order valence-electron chi connectivity index (χ3n) is 1.47. The van der Waals surface area contributed by atoms with Crippen molar-refractivity contribution < 1.29 is 4.79 Å². The van der Waals surface area contributed by atoms with Gasteiger partial charge in [-0.1, -0.05) is 35.7 Å². The van der Waals surface area contributed by atoms with Crippen molar-refractivity contribution in [2.45, 2.75) is 44.4 Å². The average Bonchev–Trinajstić information content (AvgIpc) is 1.88. The van der Waals surface area contributed by atoms with E-state index in [0.717, 1.165) is 12.8 Å². The van der Waals surface area contributed by atoms with E-state index < -0.39 is 0 Å². The molecule has 0 spiro atoms. The summed E-state index contributed by atoms with van der Waals surface area (Å²) in [5, 5.41) is 0. The van der Waals surface area contributed by atoms with E-state index in [4.69, 9.17) is 0 Å². The lowest BCUT2D eigenvalue weighted by Gasteiger charge is -2.00. The maximum Gasteiger partial charge on any atom is 0.146 e.